The molecule has 0 fully saturated rings. The zero-order chi connectivity index (χ0) is 20.3. The van der Waals surface area contributed by atoms with Crippen molar-refractivity contribution in [3.8, 4) is 0 Å². The Morgan fingerprint density at radius 3 is 1.63 bits per heavy atom. The molecule has 7 heteroatoms. The molecule has 0 N–H and O–H groups in total. The standard InChI is InChI=1S/C20H28O3Si4/c1-8-19-10-9-11-20(12-19)27(21-24-13-16(2)3,22-25-14-17(4)5)23-26-15-18(6)7/h8-15H,1H2,2-7H3. The van der Waals surface area contributed by atoms with E-state index in [1.807, 2.05) is 24.3 Å². The molecule has 1 aromatic carbocycles. The highest BCUT2D eigenvalue weighted by molar-refractivity contribution is 6.85. The quantitative estimate of drug-likeness (QED) is 0.495. The third kappa shape index (κ3) is 9.11. The van der Waals surface area contributed by atoms with Gasteiger partial charge in [0, 0.05) is 5.19 Å². The number of rotatable bonds is 11. The minimum Gasteiger partial charge on any atom is -0.409 e. The van der Waals surface area contributed by atoms with Crippen LogP contribution in [0.4, 0.5) is 0 Å². The van der Waals surface area contributed by atoms with Gasteiger partial charge in [-0.15, -0.1) is 0 Å². The lowest BCUT2D eigenvalue weighted by atomic mass is 10.2. The van der Waals surface area contributed by atoms with E-state index >= 15 is 0 Å². The van der Waals surface area contributed by atoms with Gasteiger partial charge in [-0.05, 0) is 53.2 Å². The van der Waals surface area contributed by atoms with Gasteiger partial charge in [-0.1, -0.05) is 64.7 Å². The SMILES string of the molecule is C=Cc1cccc([Si](O[Si]C=C(C)C)(O[Si]C=C(C)C)O[Si]C=C(C)C)c1. The normalized spacial score (nSPS) is 10.9. The number of benzene rings is 1. The minimum absolute atomic E-state index is 0.190. The van der Waals surface area contributed by atoms with Gasteiger partial charge in [0.25, 0.3) is 29.3 Å². The zero-order valence-electron chi connectivity index (χ0n) is 17.1. The molecule has 142 valence electrons. The molecule has 0 aliphatic carbocycles. The fraction of sp³-hybridized carbons (Fsp3) is 0.300. The fourth-order valence-corrected chi connectivity index (χ4v) is 8.73. The van der Waals surface area contributed by atoms with Crippen molar-refractivity contribution < 1.29 is 12.3 Å². The van der Waals surface area contributed by atoms with Crippen LogP contribution in [0.15, 0.2) is 64.7 Å². The first-order valence-electron chi connectivity index (χ1n) is 8.73. The number of allylic oxidation sites excluding steroid dienone is 3. The van der Waals surface area contributed by atoms with Crippen LogP contribution in [-0.2, 0) is 12.3 Å². The first kappa shape index (κ1) is 24.0. The summed E-state index contributed by atoms with van der Waals surface area (Å²) < 4.78 is 19.1. The summed E-state index contributed by atoms with van der Waals surface area (Å²) in [6, 6.07) is 8.12. The number of hydrogen-bond acceptors (Lipinski definition) is 3. The second-order valence-electron chi connectivity index (χ2n) is 6.71. The lowest BCUT2D eigenvalue weighted by Crippen LogP contribution is -2.58. The monoisotopic (exact) mass is 428 g/mol. The third-order valence-electron chi connectivity index (χ3n) is 3.10. The minimum atomic E-state index is -3.06. The molecule has 0 aromatic heterocycles. The summed E-state index contributed by atoms with van der Waals surface area (Å²) in [7, 11) is -2.49. The molecular formula is C20H28O3Si4. The van der Waals surface area contributed by atoms with E-state index in [1.54, 1.807) is 0 Å². The molecule has 1 rings (SSSR count). The van der Waals surface area contributed by atoms with Crippen LogP contribution in [0.5, 0.6) is 0 Å². The topological polar surface area (TPSA) is 27.7 Å². The molecule has 0 atom stereocenters. The predicted octanol–water partition coefficient (Wildman–Crippen LogP) is 4.15. The average molecular weight is 429 g/mol. The highest BCUT2D eigenvalue weighted by Gasteiger charge is 2.42. The van der Waals surface area contributed by atoms with Crippen molar-refractivity contribution in [2.24, 2.45) is 0 Å². The van der Waals surface area contributed by atoms with Crippen LogP contribution in [0, 0.1) is 0 Å². The Labute approximate surface area is 173 Å². The maximum atomic E-state index is 6.36. The highest BCUT2D eigenvalue weighted by Crippen LogP contribution is 2.13. The summed E-state index contributed by atoms with van der Waals surface area (Å²) in [4.78, 5) is 0. The largest absolute Gasteiger partial charge is 0.505 e. The lowest BCUT2D eigenvalue weighted by Gasteiger charge is -2.29. The molecule has 0 bridgehead atoms. The van der Waals surface area contributed by atoms with E-state index in [0.717, 1.165) is 10.8 Å². The van der Waals surface area contributed by atoms with E-state index < -0.39 is 8.80 Å². The second-order valence-corrected chi connectivity index (χ2v) is 12.4. The van der Waals surface area contributed by atoms with Gasteiger partial charge >= 0.3 is 8.80 Å². The van der Waals surface area contributed by atoms with E-state index in [9.17, 15) is 0 Å². The van der Waals surface area contributed by atoms with Crippen molar-refractivity contribution >= 4 is 49.4 Å². The van der Waals surface area contributed by atoms with Gasteiger partial charge in [0.05, 0.1) is 0 Å². The third-order valence-corrected chi connectivity index (χ3v) is 10.8. The Kier molecular flexibility index (Phi) is 11.0. The highest BCUT2D eigenvalue weighted by atomic mass is 28.5. The molecule has 0 aliphatic rings. The van der Waals surface area contributed by atoms with E-state index in [2.05, 4.69) is 71.3 Å². The van der Waals surface area contributed by atoms with E-state index in [-0.39, 0.29) is 29.3 Å². The van der Waals surface area contributed by atoms with Crippen LogP contribution in [0.2, 0.25) is 0 Å². The Morgan fingerprint density at radius 2 is 1.26 bits per heavy atom. The van der Waals surface area contributed by atoms with Gasteiger partial charge in [0.2, 0.25) is 0 Å². The molecule has 0 spiro atoms. The van der Waals surface area contributed by atoms with E-state index in [4.69, 9.17) is 12.3 Å². The summed E-state index contributed by atoms with van der Waals surface area (Å²) in [5, 5.41) is 0.971. The Hall–Kier alpha value is -1.07. The van der Waals surface area contributed by atoms with Crippen molar-refractivity contribution in [2.75, 3.05) is 0 Å². The summed E-state index contributed by atoms with van der Waals surface area (Å²) >= 11 is 0. The summed E-state index contributed by atoms with van der Waals surface area (Å²) in [6.07, 6.45) is 1.83. The van der Waals surface area contributed by atoms with Crippen molar-refractivity contribution in [3.63, 3.8) is 0 Å². The molecule has 0 saturated heterocycles. The first-order valence-corrected chi connectivity index (χ1v) is 13.4. The molecule has 1 aromatic rings. The smallest absolute Gasteiger partial charge is 0.409 e. The second kappa shape index (κ2) is 12.4. The summed E-state index contributed by atoms with van der Waals surface area (Å²) in [5.41, 5.74) is 10.9. The molecule has 0 amide bonds. The lowest BCUT2D eigenvalue weighted by molar-refractivity contribution is 0.308. The molecule has 0 aliphatic heterocycles. The van der Waals surface area contributed by atoms with Crippen molar-refractivity contribution in [3.05, 3.63) is 70.2 Å². The van der Waals surface area contributed by atoms with Crippen LogP contribution in [0.25, 0.3) is 6.08 Å². The Bertz CT molecular complexity index is 644. The van der Waals surface area contributed by atoms with Crippen LogP contribution < -0.4 is 5.19 Å². The summed E-state index contributed by atoms with van der Waals surface area (Å²) in [6.45, 7) is 16.3. The van der Waals surface area contributed by atoms with Gasteiger partial charge in [0.1, 0.15) is 0 Å². The Balaban J connectivity index is 3.28. The van der Waals surface area contributed by atoms with Crippen molar-refractivity contribution in [1.82, 2.24) is 0 Å². The maximum absolute atomic E-state index is 6.36. The van der Waals surface area contributed by atoms with Crippen molar-refractivity contribution in [2.45, 2.75) is 41.5 Å². The van der Waals surface area contributed by atoms with E-state index in [0.29, 0.717) is 0 Å². The van der Waals surface area contributed by atoms with Crippen LogP contribution in [0.3, 0.4) is 0 Å². The Morgan fingerprint density at radius 1 is 0.815 bits per heavy atom. The number of hydrogen-bond donors (Lipinski definition) is 0. The maximum Gasteiger partial charge on any atom is 0.505 e. The molecule has 0 unspecified atom stereocenters. The molecule has 27 heavy (non-hydrogen) atoms. The molecule has 0 heterocycles. The van der Waals surface area contributed by atoms with Gasteiger partial charge in [-0.25, -0.2) is 0 Å². The molecular weight excluding hydrogens is 401 g/mol. The van der Waals surface area contributed by atoms with Crippen LogP contribution in [0.1, 0.15) is 47.1 Å². The fourth-order valence-electron chi connectivity index (χ4n) is 1.77. The van der Waals surface area contributed by atoms with Crippen LogP contribution in [-0.4, -0.2) is 38.1 Å². The van der Waals surface area contributed by atoms with Crippen LogP contribution >= 0.6 is 0 Å². The van der Waals surface area contributed by atoms with Gasteiger partial charge in [-0.2, -0.15) is 0 Å². The first-order chi connectivity index (χ1) is 12.8. The summed E-state index contributed by atoms with van der Waals surface area (Å²) in [5.74, 6) is 0. The van der Waals surface area contributed by atoms with Gasteiger partial charge < -0.3 is 12.3 Å². The predicted molar refractivity (Wildman–Crippen MR) is 121 cm³/mol. The molecule has 3 nitrogen and oxygen atoms in total. The van der Waals surface area contributed by atoms with Gasteiger partial charge in [0.15, 0.2) is 0 Å². The van der Waals surface area contributed by atoms with E-state index in [1.165, 1.54) is 16.7 Å². The molecule has 6 radical (unpaired) electrons. The average Bonchev–Trinajstić information content (AvgIpc) is 2.60. The van der Waals surface area contributed by atoms with Gasteiger partial charge in [-0.3, -0.25) is 0 Å². The molecule has 0 saturated carbocycles. The van der Waals surface area contributed by atoms with Crippen molar-refractivity contribution in [1.29, 1.82) is 0 Å². The zero-order valence-corrected chi connectivity index (χ0v) is 21.1.